The third-order valence-corrected chi connectivity index (χ3v) is 4.11. The Balaban J connectivity index is 2.14. The van der Waals surface area contributed by atoms with Crippen LogP contribution in [0.15, 0.2) is 34.1 Å². The van der Waals surface area contributed by atoms with Gasteiger partial charge in [0, 0.05) is 35.4 Å². The van der Waals surface area contributed by atoms with E-state index in [1.807, 2.05) is 31.6 Å². The van der Waals surface area contributed by atoms with Gasteiger partial charge in [-0.05, 0) is 24.3 Å². The van der Waals surface area contributed by atoms with Crippen molar-refractivity contribution in [1.82, 2.24) is 0 Å². The largest absolute Gasteiger partial charge is 0.378 e. The van der Waals surface area contributed by atoms with E-state index < -0.39 is 0 Å². The van der Waals surface area contributed by atoms with Crippen molar-refractivity contribution in [1.29, 1.82) is 5.26 Å². The van der Waals surface area contributed by atoms with E-state index >= 15 is 0 Å². The van der Waals surface area contributed by atoms with Gasteiger partial charge in [-0.1, -0.05) is 15.9 Å². The fourth-order valence-corrected chi connectivity index (χ4v) is 2.86. The van der Waals surface area contributed by atoms with Crippen molar-refractivity contribution >= 4 is 38.6 Å². The third-order valence-electron chi connectivity index (χ3n) is 2.68. The van der Waals surface area contributed by atoms with E-state index in [2.05, 4.69) is 44.3 Å². The lowest BCUT2D eigenvalue weighted by atomic mass is 10.2. The number of anilines is 2. The number of nitriles is 1. The SMILES string of the molecule is CN(C)c1ccc(Br)cc1NCc1cc(C#N)cs1. The summed E-state index contributed by atoms with van der Waals surface area (Å²) in [5, 5.41) is 14.1. The van der Waals surface area contributed by atoms with Gasteiger partial charge in [0.2, 0.25) is 0 Å². The van der Waals surface area contributed by atoms with Gasteiger partial charge >= 0.3 is 0 Å². The predicted molar refractivity (Wildman–Crippen MR) is 84.8 cm³/mol. The fraction of sp³-hybridized carbons (Fsp3) is 0.214. The molecule has 1 aromatic carbocycles. The highest BCUT2D eigenvalue weighted by atomic mass is 79.9. The molecule has 0 atom stereocenters. The first kappa shape index (κ1) is 13.9. The van der Waals surface area contributed by atoms with Gasteiger partial charge in [-0.15, -0.1) is 11.3 Å². The molecule has 2 aromatic rings. The molecule has 0 bridgehead atoms. The lowest BCUT2D eigenvalue weighted by Gasteiger charge is -2.18. The number of benzene rings is 1. The van der Waals surface area contributed by atoms with Crippen LogP contribution in [0.4, 0.5) is 11.4 Å². The van der Waals surface area contributed by atoms with E-state index in [1.54, 1.807) is 11.3 Å². The Morgan fingerprint density at radius 3 is 2.79 bits per heavy atom. The normalized spacial score (nSPS) is 10.0. The van der Waals surface area contributed by atoms with Gasteiger partial charge in [-0.3, -0.25) is 0 Å². The summed E-state index contributed by atoms with van der Waals surface area (Å²) in [5.41, 5.74) is 2.94. The molecule has 5 heteroatoms. The molecular weight excluding hydrogens is 322 g/mol. The van der Waals surface area contributed by atoms with Crippen molar-refractivity contribution in [3.63, 3.8) is 0 Å². The summed E-state index contributed by atoms with van der Waals surface area (Å²) in [6.45, 7) is 0.726. The van der Waals surface area contributed by atoms with Gasteiger partial charge in [-0.25, -0.2) is 0 Å². The highest BCUT2D eigenvalue weighted by Crippen LogP contribution is 2.29. The maximum absolute atomic E-state index is 8.81. The molecule has 0 saturated heterocycles. The van der Waals surface area contributed by atoms with Crippen LogP contribution in [-0.2, 0) is 6.54 Å². The van der Waals surface area contributed by atoms with Crippen LogP contribution in [0, 0.1) is 11.3 Å². The van der Waals surface area contributed by atoms with Crippen LogP contribution in [0.25, 0.3) is 0 Å². The second-order valence-corrected chi connectivity index (χ2v) is 6.23. The average Bonchev–Trinajstić information content (AvgIpc) is 2.84. The first-order valence-electron chi connectivity index (χ1n) is 5.78. The second-order valence-electron chi connectivity index (χ2n) is 4.32. The number of hydrogen-bond acceptors (Lipinski definition) is 4. The van der Waals surface area contributed by atoms with Crippen molar-refractivity contribution in [3.8, 4) is 6.07 Å². The topological polar surface area (TPSA) is 39.1 Å². The van der Waals surface area contributed by atoms with E-state index in [1.165, 1.54) is 0 Å². The number of hydrogen-bond donors (Lipinski definition) is 1. The maximum Gasteiger partial charge on any atom is 0.100 e. The molecule has 0 amide bonds. The summed E-state index contributed by atoms with van der Waals surface area (Å²) >= 11 is 5.09. The molecule has 0 unspecified atom stereocenters. The standard InChI is InChI=1S/C14H14BrN3S/c1-18(2)14-4-3-11(15)6-13(14)17-8-12-5-10(7-16)9-19-12/h3-6,9,17H,8H2,1-2H3. The monoisotopic (exact) mass is 335 g/mol. The smallest absolute Gasteiger partial charge is 0.100 e. The van der Waals surface area contributed by atoms with Crippen LogP contribution in [-0.4, -0.2) is 14.1 Å². The van der Waals surface area contributed by atoms with Crippen molar-refractivity contribution < 1.29 is 0 Å². The van der Waals surface area contributed by atoms with Crippen LogP contribution in [0.5, 0.6) is 0 Å². The summed E-state index contributed by atoms with van der Waals surface area (Å²) in [5.74, 6) is 0. The molecule has 98 valence electrons. The third kappa shape index (κ3) is 3.49. The molecule has 0 saturated carbocycles. The minimum Gasteiger partial charge on any atom is -0.378 e. The molecule has 0 spiro atoms. The van der Waals surface area contributed by atoms with Gasteiger partial charge in [0.1, 0.15) is 6.07 Å². The zero-order valence-electron chi connectivity index (χ0n) is 10.8. The molecule has 1 N–H and O–H groups in total. The molecule has 0 aliphatic heterocycles. The summed E-state index contributed by atoms with van der Waals surface area (Å²) in [4.78, 5) is 3.23. The van der Waals surface area contributed by atoms with Gasteiger partial charge < -0.3 is 10.2 Å². The zero-order valence-corrected chi connectivity index (χ0v) is 13.2. The van der Waals surface area contributed by atoms with Crippen LogP contribution in [0.1, 0.15) is 10.4 Å². The van der Waals surface area contributed by atoms with Crippen LogP contribution in [0.3, 0.4) is 0 Å². The average molecular weight is 336 g/mol. The van der Waals surface area contributed by atoms with Gasteiger partial charge in [0.05, 0.1) is 16.9 Å². The minimum atomic E-state index is 0.726. The number of thiophene rings is 1. The van der Waals surface area contributed by atoms with Crippen molar-refractivity contribution in [2.75, 3.05) is 24.3 Å². The van der Waals surface area contributed by atoms with Gasteiger partial charge in [0.15, 0.2) is 0 Å². The molecule has 1 aromatic heterocycles. The first-order chi connectivity index (χ1) is 9.10. The Labute approximate surface area is 125 Å². The number of nitrogens with zero attached hydrogens (tertiary/aromatic N) is 2. The molecule has 19 heavy (non-hydrogen) atoms. The molecule has 0 radical (unpaired) electrons. The molecule has 1 heterocycles. The fourth-order valence-electron chi connectivity index (χ4n) is 1.75. The van der Waals surface area contributed by atoms with Gasteiger partial charge in [0.25, 0.3) is 0 Å². The summed E-state index contributed by atoms with van der Waals surface area (Å²) in [6, 6.07) is 10.2. The van der Waals surface area contributed by atoms with Crippen molar-refractivity contribution in [2.45, 2.75) is 6.54 Å². The Morgan fingerprint density at radius 2 is 2.16 bits per heavy atom. The lowest BCUT2D eigenvalue weighted by molar-refractivity contribution is 1.11. The molecule has 2 rings (SSSR count). The van der Waals surface area contributed by atoms with E-state index in [-0.39, 0.29) is 0 Å². The zero-order chi connectivity index (χ0) is 13.8. The Kier molecular flexibility index (Phi) is 4.46. The molecule has 0 aliphatic carbocycles. The minimum absolute atomic E-state index is 0.726. The van der Waals surface area contributed by atoms with E-state index in [0.29, 0.717) is 0 Å². The summed E-state index contributed by atoms with van der Waals surface area (Å²) in [6.07, 6.45) is 0. The summed E-state index contributed by atoms with van der Waals surface area (Å²) in [7, 11) is 4.04. The van der Waals surface area contributed by atoms with Gasteiger partial charge in [-0.2, -0.15) is 5.26 Å². The first-order valence-corrected chi connectivity index (χ1v) is 7.45. The Hall–Kier alpha value is -1.51. The molecule has 0 aliphatic rings. The number of halogens is 1. The van der Waals surface area contributed by atoms with E-state index in [0.717, 1.165) is 32.8 Å². The predicted octanol–water partition coefficient (Wildman–Crippen LogP) is 4.06. The number of nitrogens with one attached hydrogen (secondary N) is 1. The second kappa shape index (κ2) is 6.09. The van der Waals surface area contributed by atoms with Crippen LogP contribution >= 0.6 is 27.3 Å². The molecule has 0 fully saturated rings. The highest BCUT2D eigenvalue weighted by Gasteiger charge is 2.06. The quantitative estimate of drug-likeness (QED) is 0.915. The Bertz CT molecular complexity index is 613. The van der Waals surface area contributed by atoms with Crippen molar-refractivity contribution in [2.24, 2.45) is 0 Å². The highest BCUT2D eigenvalue weighted by molar-refractivity contribution is 9.10. The van der Waals surface area contributed by atoms with E-state index in [9.17, 15) is 0 Å². The summed E-state index contributed by atoms with van der Waals surface area (Å²) < 4.78 is 1.05. The number of rotatable bonds is 4. The van der Waals surface area contributed by atoms with E-state index in [4.69, 9.17) is 5.26 Å². The van der Waals surface area contributed by atoms with Crippen LogP contribution < -0.4 is 10.2 Å². The molecule has 3 nitrogen and oxygen atoms in total. The van der Waals surface area contributed by atoms with Crippen LogP contribution in [0.2, 0.25) is 0 Å². The maximum atomic E-state index is 8.81. The van der Waals surface area contributed by atoms with Crippen molar-refractivity contribution in [3.05, 3.63) is 44.6 Å². The lowest BCUT2D eigenvalue weighted by Crippen LogP contribution is -2.12. The molecular formula is C14H14BrN3S. The Morgan fingerprint density at radius 1 is 1.37 bits per heavy atom.